The third-order valence-corrected chi connectivity index (χ3v) is 4.48. The molecule has 0 atom stereocenters. The lowest BCUT2D eigenvalue weighted by molar-refractivity contribution is -0.148. The number of carbonyl (C=O) groups excluding carboxylic acids is 2. The van der Waals surface area contributed by atoms with Gasteiger partial charge in [-0.3, -0.25) is 9.59 Å². The number of carbonyl (C=O) groups is 2. The number of esters is 1. The van der Waals surface area contributed by atoms with Gasteiger partial charge in [0, 0.05) is 10.6 Å². The van der Waals surface area contributed by atoms with Gasteiger partial charge in [-0.05, 0) is 31.0 Å². The van der Waals surface area contributed by atoms with Gasteiger partial charge in [0.1, 0.15) is 11.3 Å². The van der Waals surface area contributed by atoms with Gasteiger partial charge in [0.25, 0.3) is 5.91 Å². The highest BCUT2D eigenvalue weighted by Crippen LogP contribution is 2.27. The van der Waals surface area contributed by atoms with Crippen LogP contribution in [0.1, 0.15) is 37.7 Å². The standard InChI is InChI=1S/C18H21ClN2O4/c1-24-15-6-5-14(19)9-13(15)10-17(23)25-11-16(22)21-18(12-20)7-3-2-4-8-18/h5-6,9H,2-4,7-8,10-11H2,1H3,(H,21,22). The molecule has 0 aromatic heterocycles. The maximum atomic E-state index is 12.0. The van der Waals surface area contributed by atoms with Crippen LogP contribution in [0, 0.1) is 11.3 Å². The summed E-state index contributed by atoms with van der Waals surface area (Å²) in [5, 5.41) is 12.5. The van der Waals surface area contributed by atoms with Crippen LogP contribution in [0.15, 0.2) is 18.2 Å². The summed E-state index contributed by atoms with van der Waals surface area (Å²) in [4.78, 5) is 24.0. The highest BCUT2D eigenvalue weighted by Gasteiger charge is 2.33. The van der Waals surface area contributed by atoms with Crippen LogP contribution in [0.2, 0.25) is 5.02 Å². The molecule has 1 N–H and O–H groups in total. The first-order chi connectivity index (χ1) is 12.0. The van der Waals surface area contributed by atoms with E-state index in [1.165, 1.54) is 7.11 Å². The van der Waals surface area contributed by atoms with Gasteiger partial charge in [-0.15, -0.1) is 0 Å². The summed E-state index contributed by atoms with van der Waals surface area (Å²) in [5.74, 6) is -0.503. The molecule has 1 fully saturated rings. The lowest BCUT2D eigenvalue weighted by Gasteiger charge is -2.31. The minimum Gasteiger partial charge on any atom is -0.496 e. The fourth-order valence-corrected chi connectivity index (χ4v) is 3.16. The van der Waals surface area contributed by atoms with Gasteiger partial charge in [0.2, 0.25) is 0 Å². The Kier molecular flexibility index (Phi) is 6.65. The van der Waals surface area contributed by atoms with E-state index < -0.39 is 24.0 Å². The second-order valence-corrected chi connectivity index (χ2v) is 6.53. The molecular formula is C18H21ClN2O4. The fraction of sp³-hybridized carbons (Fsp3) is 0.500. The third kappa shape index (κ3) is 5.36. The number of hydrogen-bond donors (Lipinski definition) is 1. The first-order valence-electron chi connectivity index (χ1n) is 8.18. The number of benzene rings is 1. The molecule has 1 aliphatic rings. The Balaban J connectivity index is 1.86. The summed E-state index contributed by atoms with van der Waals surface area (Å²) < 4.78 is 10.2. The summed E-state index contributed by atoms with van der Waals surface area (Å²) in [6.07, 6.45) is 4.08. The summed E-state index contributed by atoms with van der Waals surface area (Å²) in [6, 6.07) is 7.14. The van der Waals surface area contributed by atoms with Crippen molar-refractivity contribution in [1.82, 2.24) is 5.32 Å². The van der Waals surface area contributed by atoms with Crippen LogP contribution in [-0.2, 0) is 20.7 Å². The largest absolute Gasteiger partial charge is 0.496 e. The van der Waals surface area contributed by atoms with Crippen LogP contribution in [0.25, 0.3) is 0 Å². The van der Waals surface area contributed by atoms with E-state index in [1.54, 1.807) is 18.2 Å². The van der Waals surface area contributed by atoms with Gasteiger partial charge in [-0.1, -0.05) is 30.9 Å². The van der Waals surface area contributed by atoms with E-state index in [1.807, 2.05) is 0 Å². The number of nitriles is 1. The molecular weight excluding hydrogens is 344 g/mol. The Morgan fingerprint density at radius 3 is 2.68 bits per heavy atom. The molecule has 0 unspecified atom stereocenters. The third-order valence-electron chi connectivity index (χ3n) is 4.24. The van der Waals surface area contributed by atoms with Crippen molar-refractivity contribution < 1.29 is 19.1 Å². The van der Waals surface area contributed by atoms with Crippen molar-refractivity contribution >= 4 is 23.5 Å². The van der Waals surface area contributed by atoms with E-state index in [0.29, 0.717) is 29.2 Å². The average molecular weight is 365 g/mol. The highest BCUT2D eigenvalue weighted by atomic mass is 35.5. The van der Waals surface area contributed by atoms with Crippen LogP contribution in [0.4, 0.5) is 0 Å². The van der Waals surface area contributed by atoms with Crippen LogP contribution in [0.3, 0.4) is 0 Å². The van der Waals surface area contributed by atoms with Crippen molar-refractivity contribution in [2.24, 2.45) is 0 Å². The zero-order chi connectivity index (χ0) is 18.3. The van der Waals surface area contributed by atoms with Crippen molar-refractivity contribution in [2.45, 2.75) is 44.1 Å². The maximum Gasteiger partial charge on any atom is 0.310 e. The Bertz CT molecular complexity index is 678. The van der Waals surface area contributed by atoms with Crippen molar-refractivity contribution in [3.63, 3.8) is 0 Å². The van der Waals surface area contributed by atoms with E-state index in [4.69, 9.17) is 21.1 Å². The second-order valence-electron chi connectivity index (χ2n) is 6.10. The molecule has 0 radical (unpaired) electrons. The number of nitrogens with zero attached hydrogens (tertiary/aromatic N) is 1. The molecule has 1 aromatic carbocycles. The molecule has 134 valence electrons. The van der Waals surface area contributed by atoms with Crippen LogP contribution in [0.5, 0.6) is 5.75 Å². The van der Waals surface area contributed by atoms with Crippen molar-refractivity contribution in [2.75, 3.05) is 13.7 Å². The van der Waals surface area contributed by atoms with Gasteiger partial charge in [0.05, 0.1) is 19.6 Å². The normalized spacial score (nSPS) is 15.7. The Hall–Kier alpha value is -2.26. The average Bonchev–Trinajstić information content (AvgIpc) is 2.61. The smallest absolute Gasteiger partial charge is 0.310 e. The predicted octanol–water partition coefficient (Wildman–Crippen LogP) is 2.78. The van der Waals surface area contributed by atoms with Crippen LogP contribution >= 0.6 is 11.6 Å². The summed E-state index contributed by atoms with van der Waals surface area (Å²) >= 11 is 5.92. The van der Waals surface area contributed by atoms with E-state index in [0.717, 1.165) is 19.3 Å². The molecule has 0 spiro atoms. The first-order valence-corrected chi connectivity index (χ1v) is 8.56. The van der Waals surface area contributed by atoms with Crippen molar-refractivity contribution in [1.29, 1.82) is 5.26 Å². The van der Waals surface area contributed by atoms with E-state index >= 15 is 0 Å². The minimum atomic E-state index is -0.835. The lowest BCUT2D eigenvalue weighted by atomic mass is 9.83. The van der Waals surface area contributed by atoms with Crippen molar-refractivity contribution in [3.05, 3.63) is 28.8 Å². The maximum absolute atomic E-state index is 12.0. The molecule has 1 aromatic rings. The van der Waals surface area contributed by atoms with E-state index in [2.05, 4.69) is 11.4 Å². The molecule has 0 bridgehead atoms. The van der Waals surface area contributed by atoms with Crippen molar-refractivity contribution in [3.8, 4) is 11.8 Å². The molecule has 1 saturated carbocycles. The molecule has 0 aliphatic heterocycles. The van der Waals surface area contributed by atoms with Gasteiger partial charge in [-0.2, -0.15) is 5.26 Å². The number of hydrogen-bond acceptors (Lipinski definition) is 5. The molecule has 1 aliphatic carbocycles. The summed E-state index contributed by atoms with van der Waals surface area (Å²) in [5.41, 5.74) is -0.251. The quantitative estimate of drug-likeness (QED) is 0.784. The van der Waals surface area contributed by atoms with Gasteiger partial charge in [-0.25, -0.2) is 0 Å². The fourth-order valence-electron chi connectivity index (χ4n) is 2.96. The van der Waals surface area contributed by atoms with Gasteiger partial charge >= 0.3 is 5.97 Å². The molecule has 0 heterocycles. The topological polar surface area (TPSA) is 88.4 Å². The molecule has 25 heavy (non-hydrogen) atoms. The number of halogens is 1. The van der Waals surface area contributed by atoms with Gasteiger partial charge < -0.3 is 14.8 Å². The Morgan fingerprint density at radius 2 is 2.04 bits per heavy atom. The molecule has 2 rings (SSSR count). The monoisotopic (exact) mass is 364 g/mol. The number of methoxy groups -OCH3 is 1. The first kappa shape index (κ1) is 19.1. The van der Waals surface area contributed by atoms with Crippen LogP contribution in [-0.4, -0.2) is 31.1 Å². The van der Waals surface area contributed by atoms with Crippen LogP contribution < -0.4 is 10.1 Å². The predicted molar refractivity (Wildman–Crippen MR) is 92.2 cm³/mol. The zero-order valence-corrected chi connectivity index (χ0v) is 14.9. The molecule has 0 saturated heterocycles. The number of amides is 1. The molecule has 6 nitrogen and oxygen atoms in total. The Morgan fingerprint density at radius 1 is 1.32 bits per heavy atom. The molecule has 1 amide bonds. The number of rotatable bonds is 6. The lowest BCUT2D eigenvalue weighted by Crippen LogP contribution is -2.50. The second kappa shape index (κ2) is 8.72. The van der Waals surface area contributed by atoms with E-state index in [-0.39, 0.29) is 6.42 Å². The van der Waals surface area contributed by atoms with E-state index in [9.17, 15) is 14.9 Å². The summed E-state index contributed by atoms with van der Waals surface area (Å²) in [7, 11) is 1.50. The summed E-state index contributed by atoms with van der Waals surface area (Å²) in [6.45, 7) is -0.412. The minimum absolute atomic E-state index is 0.0552. The highest BCUT2D eigenvalue weighted by molar-refractivity contribution is 6.30. The SMILES string of the molecule is COc1ccc(Cl)cc1CC(=O)OCC(=O)NC1(C#N)CCCCC1. The number of nitrogens with one attached hydrogen (secondary N) is 1. The molecule has 7 heteroatoms. The van der Waals surface area contributed by atoms with Gasteiger partial charge in [0.15, 0.2) is 6.61 Å². The Labute approximate surface area is 152 Å². The zero-order valence-electron chi connectivity index (χ0n) is 14.1. The number of ether oxygens (including phenoxy) is 2.